The quantitative estimate of drug-likeness (QED) is 0.811. The molecule has 1 amide bonds. The Labute approximate surface area is 127 Å². The second-order valence-electron chi connectivity index (χ2n) is 5.90. The van der Waals surface area contributed by atoms with E-state index < -0.39 is 0 Å². The maximum absolute atomic E-state index is 12.4. The predicted octanol–water partition coefficient (Wildman–Crippen LogP) is 3.12. The number of carbonyl (C=O) groups excluding carboxylic acids is 1. The van der Waals surface area contributed by atoms with Crippen molar-refractivity contribution in [2.75, 3.05) is 25.5 Å². The molecule has 0 radical (unpaired) electrons. The average molecular weight is 290 g/mol. The number of carbonyl (C=O) groups is 1. The van der Waals surface area contributed by atoms with Crippen LogP contribution in [0.1, 0.15) is 48.5 Å². The van der Waals surface area contributed by atoms with Crippen molar-refractivity contribution in [3.05, 3.63) is 29.3 Å². The maximum atomic E-state index is 12.4. The van der Waals surface area contributed by atoms with Crippen molar-refractivity contribution in [2.24, 2.45) is 0 Å². The van der Waals surface area contributed by atoms with Gasteiger partial charge in [0.1, 0.15) is 0 Å². The van der Waals surface area contributed by atoms with Crippen molar-refractivity contribution in [2.45, 2.75) is 45.1 Å². The Balaban J connectivity index is 2.04. The number of methoxy groups -OCH3 is 1. The van der Waals surface area contributed by atoms with E-state index >= 15 is 0 Å². The van der Waals surface area contributed by atoms with E-state index in [1.165, 1.54) is 6.42 Å². The van der Waals surface area contributed by atoms with E-state index in [-0.39, 0.29) is 11.5 Å². The van der Waals surface area contributed by atoms with Crippen LogP contribution in [0.2, 0.25) is 0 Å². The monoisotopic (exact) mass is 290 g/mol. The van der Waals surface area contributed by atoms with Gasteiger partial charge >= 0.3 is 0 Å². The number of hydrogen-bond acceptors (Lipinski definition) is 3. The summed E-state index contributed by atoms with van der Waals surface area (Å²) in [5.74, 6) is -0.0306. The average Bonchev–Trinajstić information content (AvgIpc) is 2.44. The van der Waals surface area contributed by atoms with Crippen LogP contribution in [0.25, 0.3) is 0 Å². The van der Waals surface area contributed by atoms with E-state index in [4.69, 9.17) is 4.74 Å². The molecule has 1 fully saturated rings. The van der Waals surface area contributed by atoms with Gasteiger partial charge in [0.25, 0.3) is 5.91 Å². The summed E-state index contributed by atoms with van der Waals surface area (Å²) in [5.41, 5.74) is 2.63. The maximum Gasteiger partial charge on any atom is 0.253 e. The molecule has 0 atom stereocenters. The van der Waals surface area contributed by atoms with Crippen LogP contribution in [0.4, 0.5) is 5.69 Å². The number of hydrogen-bond donors (Lipinski definition) is 2. The molecule has 4 heteroatoms. The summed E-state index contributed by atoms with van der Waals surface area (Å²) in [5, 5.41) is 6.36. The third-order valence-corrected chi connectivity index (χ3v) is 4.25. The van der Waals surface area contributed by atoms with Gasteiger partial charge in [-0.25, -0.2) is 0 Å². The highest BCUT2D eigenvalue weighted by Crippen LogP contribution is 2.34. The number of rotatable bonds is 7. The zero-order valence-electron chi connectivity index (χ0n) is 13.3. The first-order valence-electron chi connectivity index (χ1n) is 7.78. The molecule has 1 aliphatic rings. The summed E-state index contributed by atoms with van der Waals surface area (Å²) in [6, 6.07) is 5.89. The van der Waals surface area contributed by atoms with Crippen LogP contribution < -0.4 is 10.6 Å². The summed E-state index contributed by atoms with van der Waals surface area (Å²) < 4.78 is 5.54. The molecular formula is C17H26N2O2. The van der Waals surface area contributed by atoms with Crippen LogP contribution in [0, 0.1) is 6.92 Å². The van der Waals surface area contributed by atoms with Crippen molar-refractivity contribution in [3.8, 4) is 0 Å². The molecule has 2 N–H and O–H groups in total. The summed E-state index contributed by atoms with van der Waals surface area (Å²) in [6.07, 6.45) is 4.26. The van der Waals surface area contributed by atoms with Crippen LogP contribution >= 0.6 is 0 Å². The topological polar surface area (TPSA) is 50.4 Å². The lowest BCUT2D eigenvalue weighted by Crippen LogP contribution is -2.49. The van der Waals surface area contributed by atoms with E-state index in [1.54, 1.807) is 7.11 Å². The second kappa shape index (κ2) is 6.94. The van der Waals surface area contributed by atoms with Gasteiger partial charge in [-0.2, -0.15) is 0 Å². The van der Waals surface area contributed by atoms with Crippen molar-refractivity contribution in [1.82, 2.24) is 5.32 Å². The van der Waals surface area contributed by atoms with Crippen molar-refractivity contribution < 1.29 is 9.53 Å². The molecule has 1 aromatic carbocycles. The molecule has 0 aliphatic heterocycles. The highest BCUT2D eigenvalue weighted by Gasteiger charge is 2.37. The van der Waals surface area contributed by atoms with Crippen molar-refractivity contribution >= 4 is 11.6 Å². The molecule has 0 bridgehead atoms. The summed E-state index contributed by atoms with van der Waals surface area (Å²) in [6.45, 7) is 5.60. The molecule has 1 aromatic rings. The molecule has 0 spiro atoms. The number of anilines is 1. The van der Waals surface area contributed by atoms with Gasteiger partial charge < -0.3 is 15.4 Å². The van der Waals surface area contributed by atoms with Crippen LogP contribution in [-0.4, -0.2) is 31.7 Å². The predicted molar refractivity (Wildman–Crippen MR) is 85.9 cm³/mol. The zero-order chi connectivity index (χ0) is 15.3. The van der Waals surface area contributed by atoms with Crippen molar-refractivity contribution in [1.29, 1.82) is 0 Å². The number of nitrogens with one attached hydrogen (secondary N) is 2. The Hall–Kier alpha value is -1.55. The summed E-state index contributed by atoms with van der Waals surface area (Å²) in [4.78, 5) is 12.4. The minimum Gasteiger partial charge on any atom is -0.384 e. The normalized spacial score (nSPS) is 16.1. The van der Waals surface area contributed by atoms with Gasteiger partial charge in [-0.1, -0.05) is 13.0 Å². The highest BCUT2D eigenvalue weighted by molar-refractivity contribution is 5.99. The number of aryl methyl sites for hydroxylation is 1. The Morgan fingerprint density at radius 2 is 2.14 bits per heavy atom. The lowest BCUT2D eigenvalue weighted by atomic mass is 9.80. The molecule has 21 heavy (non-hydrogen) atoms. The van der Waals surface area contributed by atoms with Crippen molar-refractivity contribution in [3.63, 3.8) is 0 Å². The molecule has 0 unspecified atom stereocenters. The molecular weight excluding hydrogens is 264 g/mol. The smallest absolute Gasteiger partial charge is 0.253 e. The number of benzene rings is 1. The molecule has 1 aliphatic carbocycles. The SMILES string of the molecule is CCCNc1cc(C)ccc1C(=O)NCC1(OC)CCC1. The Bertz CT molecular complexity index is 490. The van der Waals surface area contributed by atoms with Crippen LogP contribution in [0.15, 0.2) is 18.2 Å². The molecule has 1 saturated carbocycles. The first-order valence-corrected chi connectivity index (χ1v) is 7.78. The second-order valence-corrected chi connectivity index (χ2v) is 5.90. The standard InChI is InChI=1S/C17H26N2O2/c1-4-10-18-15-11-13(2)6-7-14(15)16(20)19-12-17(21-3)8-5-9-17/h6-7,11,18H,4-5,8-10,12H2,1-3H3,(H,19,20). The molecule has 4 nitrogen and oxygen atoms in total. The number of amides is 1. The fourth-order valence-electron chi connectivity index (χ4n) is 2.62. The fourth-order valence-corrected chi connectivity index (χ4v) is 2.62. The van der Waals surface area contributed by atoms with Gasteiger partial charge in [-0.05, 0) is 50.3 Å². The van der Waals surface area contributed by atoms with Gasteiger partial charge in [-0.3, -0.25) is 4.79 Å². The van der Waals surface area contributed by atoms with Gasteiger partial charge in [0.05, 0.1) is 11.2 Å². The first-order chi connectivity index (χ1) is 10.1. The number of ether oxygens (including phenoxy) is 1. The third-order valence-electron chi connectivity index (χ3n) is 4.25. The molecule has 0 aromatic heterocycles. The molecule has 0 saturated heterocycles. The van der Waals surface area contributed by atoms with Gasteiger partial charge in [0, 0.05) is 25.9 Å². The van der Waals surface area contributed by atoms with E-state index in [1.807, 2.05) is 25.1 Å². The largest absolute Gasteiger partial charge is 0.384 e. The highest BCUT2D eigenvalue weighted by atomic mass is 16.5. The fraction of sp³-hybridized carbons (Fsp3) is 0.588. The van der Waals surface area contributed by atoms with Crippen LogP contribution in [-0.2, 0) is 4.74 Å². The molecule has 0 heterocycles. The van der Waals surface area contributed by atoms with E-state index in [2.05, 4.69) is 17.6 Å². The van der Waals surface area contributed by atoms with E-state index in [9.17, 15) is 4.79 Å². The third kappa shape index (κ3) is 3.76. The zero-order valence-corrected chi connectivity index (χ0v) is 13.3. The Morgan fingerprint density at radius 3 is 2.71 bits per heavy atom. The van der Waals surface area contributed by atoms with Gasteiger partial charge in [-0.15, -0.1) is 0 Å². The van der Waals surface area contributed by atoms with Crippen LogP contribution in [0.5, 0.6) is 0 Å². The lowest BCUT2D eigenvalue weighted by Gasteiger charge is -2.40. The first kappa shape index (κ1) is 15.8. The summed E-state index contributed by atoms with van der Waals surface area (Å²) in [7, 11) is 1.73. The minimum absolute atomic E-state index is 0.0306. The molecule has 116 valence electrons. The van der Waals surface area contributed by atoms with E-state index in [0.29, 0.717) is 12.1 Å². The molecule has 2 rings (SSSR count). The summed E-state index contributed by atoms with van der Waals surface area (Å²) >= 11 is 0. The minimum atomic E-state index is -0.142. The Morgan fingerprint density at radius 1 is 1.38 bits per heavy atom. The Kier molecular flexibility index (Phi) is 5.23. The van der Waals surface area contributed by atoms with Gasteiger partial charge in [0.2, 0.25) is 0 Å². The van der Waals surface area contributed by atoms with E-state index in [0.717, 1.165) is 37.1 Å². The lowest BCUT2D eigenvalue weighted by molar-refractivity contribution is -0.0679. The van der Waals surface area contributed by atoms with Crippen LogP contribution in [0.3, 0.4) is 0 Å². The van der Waals surface area contributed by atoms with Gasteiger partial charge in [0.15, 0.2) is 0 Å².